The summed E-state index contributed by atoms with van der Waals surface area (Å²) < 4.78 is 48.9. The van der Waals surface area contributed by atoms with Crippen molar-refractivity contribution in [3.05, 3.63) is 138 Å². The molecule has 1 aliphatic heterocycles. The molecule has 16 heteroatoms. The van der Waals surface area contributed by atoms with Gasteiger partial charge in [0.15, 0.2) is 23.6 Å². The number of aromatic nitrogens is 4. The minimum Gasteiger partial charge on any atom is -0.497 e. The smallest absolute Gasteiger partial charge is 0.263 e. The lowest BCUT2D eigenvalue weighted by Crippen LogP contribution is -2.39. The highest BCUT2D eigenvalue weighted by atomic mass is 31.2. The lowest BCUT2D eigenvalue weighted by Gasteiger charge is -2.39. The largest absolute Gasteiger partial charge is 0.497 e. The van der Waals surface area contributed by atoms with Crippen LogP contribution in [0.2, 0.25) is 0 Å². The van der Waals surface area contributed by atoms with Gasteiger partial charge in [0.25, 0.3) is 14.4 Å². The van der Waals surface area contributed by atoms with Crippen LogP contribution in [-0.4, -0.2) is 88.4 Å². The fourth-order valence-electron chi connectivity index (χ4n) is 8.24. The Morgan fingerprint density at radius 3 is 2.04 bits per heavy atom. The monoisotopic (exact) mass is 929 g/mol. The van der Waals surface area contributed by atoms with Crippen molar-refractivity contribution >= 4 is 31.4 Å². The SMILES string of the molecule is COc1ccc(C(OC[C@H]2O[C@@H](n3cnc4c(NC(=O)COc5ccc(C(C)C)cc5)ncnc43)C[C@@H]2OP(OCCC#N)N(C(C)C)C(C)C)(c2ccccc2)c2ccc(OC)cc2)cc1. The highest BCUT2D eigenvalue weighted by Gasteiger charge is 2.45. The zero-order valence-corrected chi connectivity index (χ0v) is 40.3. The Morgan fingerprint density at radius 2 is 1.46 bits per heavy atom. The Bertz CT molecular complexity index is 2500. The zero-order valence-electron chi connectivity index (χ0n) is 39.4. The number of nitriles is 1. The summed E-state index contributed by atoms with van der Waals surface area (Å²) in [4.78, 5) is 26.9. The Morgan fingerprint density at radius 1 is 0.851 bits per heavy atom. The number of ether oxygens (including phenoxy) is 5. The molecule has 0 spiro atoms. The van der Waals surface area contributed by atoms with Crippen molar-refractivity contribution in [3.63, 3.8) is 0 Å². The van der Waals surface area contributed by atoms with Crippen molar-refractivity contribution in [1.29, 1.82) is 5.26 Å². The first-order valence-corrected chi connectivity index (χ1v) is 23.7. The molecular weight excluding hydrogens is 870 g/mol. The average molecular weight is 930 g/mol. The number of hydrogen-bond acceptors (Lipinski definition) is 13. The van der Waals surface area contributed by atoms with E-state index in [4.69, 9.17) is 32.7 Å². The number of fused-ring (bicyclic) bond motifs is 1. The van der Waals surface area contributed by atoms with Gasteiger partial charge in [-0.05, 0) is 92.3 Å². The minimum absolute atomic E-state index is 0.0654. The van der Waals surface area contributed by atoms with Gasteiger partial charge in [0.1, 0.15) is 41.5 Å². The Balaban J connectivity index is 1.23. The van der Waals surface area contributed by atoms with E-state index in [2.05, 4.69) is 84.7 Å². The molecule has 3 heterocycles. The predicted octanol–water partition coefficient (Wildman–Crippen LogP) is 9.94. The van der Waals surface area contributed by atoms with E-state index in [1.807, 2.05) is 95.6 Å². The summed E-state index contributed by atoms with van der Waals surface area (Å²) in [6.07, 6.45) is 1.75. The fourth-order valence-corrected chi connectivity index (χ4v) is 10.0. The third-order valence-electron chi connectivity index (χ3n) is 11.5. The molecule has 1 N–H and O–H groups in total. The molecular formula is C51H60N7O8P. The van der Waals surface area contributed by atoms with Gasteiger partial charge in [-0.15, -0.1) is 0 Å². The predicted molar refractivity (Wildman–Crippen MR) is 257 cm³/mol. The zero-order chi connectivity index (χ0) is 47.5. The molecule has 4 atom stereocenters. The molecule has 0 radical (unpaired) electrons. The Labute approximate surface area is 394 Å². The molecule has 4 aromatic carbocycles. The maximum Gasteiger partial charge on any atom is 0.263 e. The standard InChI is InChI=1S/C51H60N7O8P/c1-34(2)37-15-21-43(22-16-37)62-31-46(59)56-49-48-50(54-32-53-49)57(33-55-48)47-29-44(66-67(64-28-12-27-52)58(35(3)4)36(5)6)45(65-47)30-63-51(38-13-10-9-11-14-38,39-17-23-41(60-7)24-18-39)40-19-25-42(61-8)26-20-40/h9-11,13-26,32-36,44-45,47H,12,28-31H2,1-8H3,(H,53,54,56,59)/t44-,45+,47+,67?/m0/s1. The number of nitrogens with zero attached hydrogens (tertiary/aromatic N) is 6. The molecule has 67 heavy (non-hydrogen) atoms. The lowest BCUT2D eigenvalue weighted by molar-refractivity contribution is -0.118. The number of nitrogens with one attached hydrogen (secondary N) is 1. The quantitative estimate of drug-likeness (QED) is 0.0389. The van der Waals surface area contributed by atoms with Gasteiger partial charge in [0, 0.05) is 18.5 Å². The molecule has 7 rings (SSSR count). The normalized spacial score (nSPS) is 16.7. The second-order valence-corrected chi connectivity index (χ2v) is 18.4. The average Bonchev–Trinajstić information content (AvgIpc) is 3.96. The minimum atomic E-state index is -1.68. The van der Waals surface area contributed by atoms with Crippen molar-refractivity contribution in [2.24, 2.45) is 0 Å². The third kappa shape index (κ3) is 11.4. The van der Waals surface area contributed by atoms with Gasteiger partial charge >= 0.3 is 0 Å². The van der Waals surface area contributed by atoms with Crippen LogP contribution in [0.15, 0.2) is 116 Å². The van der Waals surface area contributed by atoms with Gasteiger partial charge in [-0.2, -0.15) is 5.26 Å². The molecule has 2 aromatic heterocycles. The topological polar surface area (TPSA) is 164 Å². The van der Waals surface area contributed by atoms with Crippen LogP contribution in [0.4, 0.5) is 5.82 Å². The fraction of sp³-hybridized carbons (Fsp3) is 0.392. The van der Waals surface area contributed by atoms with E-state index in [0.29, 0.717) is 40.8 Å². The molecule has 15 nitrogen and oxygen atoms in total. The van der Waals surface area contributed by atoms with Crippen molar-refractivity contribution in [3.8, 4) is 23.3 Å². The molecule has 0 saturated carbocycles. The van der Waals surface area contributed by atoms with Gasteiger partial charge < -0.3 is 38.0 Å². The number of methoxy groups -OCH3 is 2. The number of rotatable bonds is 22. The van der Waals surface area contributed by atoms with Gasteiger partial charge in [0.05, 0.1) is 52.4 Å². The van der Waals surface area contributed by atoms with E-state index >= 15 is 0 Å². The highest BCUT2D eigenvalue weighted by molar-refractivity contribution is 7.44. The Kier molecular flexibility index (Phi) is 16.6. The number of anilines is 1. The Hall–Kier alpha value is -5.98. The first kappa shape index (κ1) is 48.9. The number of carbonyl (C=O) groups excluding carboxylic acids is 1. The van der Waals surface area contributed by atoms with Crippen LogP contribution in [0.25, 0.3) is 11.2 Å². The molecule has 352 valence electrons. The summed E-state index contributed by atoms with van der Waals surface area (Å²) in [6.45, 7) is 12.7. The van der Waals surface area contributed by atoms with Crippen LogP contribution >= 0.6 is 8.53 Å². The van der Waals surface area contributed by atoms with Crippen LogP contribution in [0.5, 0.6) is 17.2 Å². The second-order valence-electron chi connectivity index (χ2n) is 17.0. The number of imidazole rings is 1. The van der Waals surface area contributed by atoms with Crippen LogP contribution < -0.4 is 19.5 Å². The van der Waals surface area contributed by atoms with Crippen LogP contribution in [0.3, 0.4) is 0 Å². The maximum absolute atomic E-state index is 13.2. The van der Waals surface area contributed by atoms with Crippen LogP contribution in [0.1, 0.15) is 88.8 Å². The van der Waals surface area contributed by atoms with Crippen LogP contribution in [-0.2, 0) is 28.9 Å². The van der Waals surface area contributed by atoms with E-state index in [1.54, 1.807) is 20.5 Å². The molecule has 0 bridgehead atoms. The highest BCUT2D eigenvalue weighted by Crippen LogP contribution is 2.51. The van der Waals surface area contributed by atoms with Crippen molar-refractivity contribution in [2.45, 2.75) is 96.4 Å². The van der Waals surface area contributed by atoms with Gasteiger partial charge in [0.2, 0.25) is 0 Å². The van der Waals surface area contributed by atoms with Crippen molar-refractivity contribution in [2.75, 3.05) is 39.4 Å². The molecule has 1 fully saturated rings. The maximum atomic E-state index is 13.2. The molecule has 6 aromatic rings. The molecule has 1 saturated heterocycles. The number of hydrogen-bond donors (Lipinski definition) is 1. The first-order valence-electron chi connectivity index (χ1n) is 22.5. The third-order valence-corrected chi connectivity index (χ3v) is 13.7. The summed E-state index contributed by atoms with van der Waals surface area (Å²) in [5, 5.41) is 12.3. The molecule has 1 amide bonds. The summed E-state index contributed by atoms with van der Waals surface area (Å²) in [6, 6.07) is 35.8. The number of amides is 1. The molecule has 0 aliphatic carbocycles. The van der Waals surface area contributed by atoms with E-state index in [9.17, 15) is 10.1 Å². The first-order chi connectivity index (χ1) is 32.4. The summed E-state index contributed by atoms with van der Waals surface area (Å²) in [7, 11) is 1.61. The van der Waals surface area contributed by atoms with Gasteiger partial charge in [-0.1, -0.05) is 80.6 Å². The summed E-state index contributed by atoms with van der Waals surface area (Å²) in [5.74, 6) is 2.23. The summed E-state index contributed by atoms with van der Waals surface area (Å²) in [5.41, 5.74) is 3.51. The van der Waals surface area contributed by atoms with E-state index < -0.39 is 38.5 Å². The van der Waals surface area contributed by atoms with Gasteiger partial charge in [-0.3, -0.25) is 9.36 Å². The number of carbonyl (C=O) groups is 1. The number of benzene rings is 4. The summed E-state index contributed by atoms with van der Waals surface area (Å²) >= 11 is 0. The molecule has 1 unspecified atom stereocenters. The molecule has 1 aliphatic rings. The van der Waals surface area contributed by atoms with E-state index in [0.717, 1.165) is 16.7 Å². The van der Waals surface area contributed by atoms with Crippen LogP contribution in [0, 0.1) is 11.3 Å². The lowest BCUT2D eigenvalue weighted by atomic mass is 9.80. The van der Waals surface area contributed by atoms with E-state index in [1.165, 1.54) is 11.9 Å². The van der Waals surface area contributed by atoms with Gasteiger partial charge in [-0.25, -0.2) is 19.6 Å². The van der Waals surface area contributed by atoms with Crippen molar-refractivity contribution < 1.29 is 37.5 Å². The van der Waals surface area contributed by atoms with E-state index in [-0.39, 0.29) is 44.1 Å². The second kappa shape index (κ2) is 22.7. The van der Waals surface area contributed by atoms with Crippen molar-refractivity contribution in [1.82, 2.24) is 24.2 Å².